The maximum absolute atomic E-state index is 11.4. The zero-order chi connectivity index (χ0) is 14.3. The fourth-order valence-electron chi connectivity index (χ4n) is 3.14. The van der Waals surface area contributed by atoms with Crippen molar-refractivity contribution < 1.29 is 37.5 Å². The Morgan fingerprint density at radius 1 is 1.11 bits per heavy atom. The van der Waals surface area contributed by atoms with E-state index in [9.17, 15) is 4.79 Å². The van der Waals surface area contributed by atoms with Crippen LogP contribution in [0.2, 0.25) is 0 Å². The first kappa shape index (κ1) is 21.9. The van der Waals surface area contributed by atoms with Crippen molar-refractivity contribution in [1.82, 2.24) is 0 Å². The van der Waals surface area contributed by atoms with Gasteiger partial charge in [-0.15, -0.1) is 7.05 Å². The second kappa shape index (κ2) is 11.3. The minimum Gasteiger partial charge on any atom is -0.656 e. The molecule has 0 aliphatic heterocycles. The van der Waals surface area contributed by atoms with Gasteiger partial charge in [-0.05, 0) is 36.5 Å². The number of carbonyl (C=O) groups is 1. The molecule has 2 rings (SSSR count). The third kappa shape index (κ3) is 5.83. The fraction of sp³-hybridized carbons (Fsp3) is 0.875. The summed E-state index contributed by atoms with van der Waals surface area (Å²) < 4.78 is 0. The maximum Gasteiger partial charge on any atom is 0.0544 e. The van der Waals surface area contributed by atoms with E-state index in [2.05, 4.69) is 26.1 Å². The second-order valence-corrected chi connectivity index (χ2v) is 5.15. The van der Waals surface area contributed by atoms with Crippen molar-refractivity contribution >= 4 is 5.91 Å². The molecular formula is C16H31NOY-2. The first-order valence-corrected chi connectivity index (χ1v) is 7.49. The van der Waals surface area contributed by atoms with E-state index in [1.54, 1.807) is 14.0 Å². The van der Waals surface area contributed by atoms with Crippen molar-refractivity contribution in [3.63, 3.8) is 0 Å². The van der Waals surface area contributed by atoms with Gasteiger partial charge in [-0.1, -0.05) is 34.1 Å². The summed E-state index contributed by atoms with van der Waals surface area (Å²) in [5, 5.41) is 3.78. The van der Waals surface area contributed by atoms with Crippen LogP contribution in [0.5, 0.6) is 0 Å². The molecule has 0 bridgehead atoms. The number of carbonyl (C=O) groups excluding carboxylic acids is 1. The Labute approximate surface area is 145 Å². The monoisotopic (exact) mass is 342 g/mol. The molecule has 111 valence electrons. The van der Waals surface area contributed by atoms with Crippen molar-refractivity contribution in [2.75, 3.05) is 7.05 Å². The molecule has 0 aromatic rings. The molecule has 1 amide bonds. The summed E-state index contributed by atoms with van der Waals surface area (Å²) in [7, 11) is 1.62. The Bertz CT molecular complexity index is 245. The van der Waals surface area contributed by atoms with Crippen molar-refractivity contribution in [1.29, 1.82) is 0 Å². The van der Waals surface area contributed by atoms with Gasteiger partial charge in [0, 0.05) is 38.6 Å². The van der Waals surface area contributed by atoms with Gasteiger partial charge in [0.25, 0.3) is 0 Å². The molecule has 2 aliphatic carbocycles. The topological polar surface area (TPSA) is 31.2 Å². The number of hydrogen-bond donors (Lipinski definition) is 0. The van der Waals surface area contributed by atoms with Crippen LogP contribution in [0.1, 0.15) is 53.9 Å². The smallest absolute Gasteiger partial charge is 0.0544 e. The summed E-state index contributed by atoms with van der Waals surface area (Å²) in [5.41, 5.74) is 0. The molecule has 1 radical (unpaired) electrons. The quantitative estimate of drug-likeness (QED) is 0.669. The Hall–Kier alpha value is 0.574. The number of rotatable bonds is 2. The van der Waals surface area contributed by atoms with Gasteiger partial charge in [-0.3, -0.25) is 0 Å². The largest absolute Gasteiger partial charge is 0.656 e. The van der Waals surface area contributed by atoms with Crippen LogP contribution in [-0.4, -0.2) is 13.0 Å². The zero-order valence-corrected chi connectivity index (χ0v) is 16.5. The van der Waals surface area contributed by atoms with Crippen molar-refractivity contribution in [3.05, 3.63) is 12.2 Å². The van der Waals surface area contributed by atoms with E-state index < -0.39 is 0 Å². The predicted molar refractivity (Wildman–Crippen MR) is 79.3 cm³/mol. The van der Waals surface area contributed by atoms with Crippen LogP contribution in [0.15, 0.2) is 0 Å². The maximum atomic E-state index is 11.4. The van der Waals surface area contributed by atoms with E-state index in [1.165, 1.54) is 12.8 Å². The number of amides is 1. The second-order valence-electron chi connectivity index (χ2n) is 5.15. The average Bonchev–Trinajstić information content (AvgIpc) is 3.16. The van der Waals surface area contributed by atoms with Crippen LogP contribution in [0.4, 0.5) is 0 Å². The summed E-state index contributed by atoms with van der Waals surface area (Å²) in [6, 6.07) is 0. The summed E-state index contributed by atoms with van der Waals surface area (Å²) in [6.07, 6.45) is 3.80. The van der Waals surface area contributed by atoms with E-state index in [1.807, 2.05) is 13.8 Å². The Balaban J connectivity index is 0. The molecule has 3 heteroatoms. The van der Waals surface area contributed by atoms with Gasteiger partial charge >= 0.3 is 0 Å². The molecule has 0 N–H and O–H groups in total. The van der Waals surface area contributed by atoms with Gasteiger partial charge in [0.15, 0.2) is 0 Å². The van der Waals surface area contributed by atoms with Crippen LogP contribution >= 0.6 is 0 Å². The van der Waals surface area contributed by atoms with E-state index in [0.29, 0.717) is 5.92 Å². The van der Waals surface area contributed by atoms with Gasteiger partial charge in [0.1, 0.15) is 0 Å². The molecule has 0 spiro atoms. The van der Waals surface area contributed by atoms with Crippen LogP contribution in [0.3, 0.4) is 0 Å². The molecule has 5 atom stereocenters. The standard InChI is InChI=1S/C12H21NO.C2H6.C2H5.Y/c1-7-4-5-9(8(7)2)10-6-11(10)12(14)13-3;2*1-2;/h7-11H,4-6H2,1-3H3,(H,13,14);1-2H3;1H2,2H3;/q;;-1;/p-1/t7-,8-,9+,10?,11?;;;/m1.../s1. The van der Waals surface area contributed by atoms with Gasteiger partial charge < -0.3 is 17.0 Å². The van der Waals surface area contributed by atoms with Crippen LogP contribution < -0.4 is 0 Å². The molecule has 19 heavy (non-hydrogen) atoms. The number of nitrogens with zero attached hydrogens (tertiary/aromatic N) is 1. The summed E-state index contributed by atoms with van der Waals surface area (Å²) in [5.74, 6) is 3.58. The van der Waals surface area contributed by atoms with Gasteiger partial charge in [0.2, 0.25) is 0 Å². The van der Waals surface area contributed by atoms with Gasteiger partial charge in [-0.2, -0.15) is 6.92 Å². The summed E-state index contributed by atoms with van der Waals surface area (Å²) in [6.45, 7) is 13.7. The van der Waals surface area contributed by atoms with Gasteiger partial charge in [0.05, 0.1) is 5.91 Å². The van der Waals surface area contributed by atoms with Crippen molar-refractivity contribution in [3.8, 4) is 0 Å². The third-order valence-electron chi connectivity index (χ3n) is 4.46. The molecule has 2 fully saturated rings. The molecule has 0 aromatic heterocycles. The van der Waals surface area contributed by atoms with E-state index >= 15 is 0 Å². The summed E-state index contributed by atoms with van der Waals surface area (Å²) >= 11 is 0. The van der Waals surface area contributed by atoms with Crippen LogP contribution in [0.25, 0.3) is 5.32 Å². The van der Waals surface area contributed by atoms with Crippen molar-refractivity contribution in [2.24, 2.45) is 29.6 Å². The predicted octanol–water partition coefficient (Wildman–Crippen LogP) is 4.70. The van der Waals surface area contributed by atoms with E-state index in [-0.39, 0.29) is 44.5 Å². The van der Waals surface area contributed by atoms with Gasteiger partial charge in [-0.25, -0.2) is 0 Å². The average molecular weight is 342 g/mol. The van der Waals surface area contributed by atoms with E-state index in [0.717, 1.165) is 24.2 Å². The molecule has 2 saturated carbocycles. The molecule has 0 heterocycles. The Morgan fingerprint density at radius 2 is 1.63 bits per heavy atom. The molecule has 2 unspecified atom stereocenters. The minimum absolute atomic E-state index is 0. The molecule has 0 saturated heterocycles. The molecule has 2 nitrogen and oxygen atoms in total. The normalized spacial score (nSPS) is 34.8. The number of hydrogen-bond acceptors (Lipinski definition) is 1. The zero-order valence-electron chi connectivity index (χ0n) is 13.6. The minimum atomic E-state index is 0. The Morgan fingerprint density at radius 3 is 2.00 bits per heavy atom. The molecule has 0 aromatic carbocycles. The summed E-state index contributed by atoms with van der Waals surface area (Å²) in [4.78, 5) is 11.4. The van der Waals surface area contributed by atoms with Crippen LogP contribution in [0, 0.1) is 36.5 Å². The molecule has 2 aliphatic rings. The first-order valence-electron chi connectivity index (χ1n) is 7.49. The SMILES string of the molecule is CC.C[N-]C(=O)C1CC1[C@H]1CC[C@@H](C)[C@H]1C.[CH2-]C.[Y]. The fourth-order valence-corrected chi connectivity index (χ4v) is 3.14. The third-order valence-corrected chi connectivity index (χ3v) is 4.46. The first-order chi connectivity index (χ1) is 8.65. The van der Waals surface area contributed by atoms with Crippen LogP contribution in [-0.2, 0) is 37.5 Å². The molecular weight excluding hydrogens is 311 g/mol. The Kier molecular flexibility index (Phi) is 13.0. The van der Waals surface area contributed by atoms with Crippen molar-refractivity contribution in [2.45, 2.75) is 53.9 Å². The van der Waals surface area contributed by atoms with E-state index in [4.69, 9.17) is 0 Å².